The average Bonchev–Trinajstić information content (AvgIpc) is 2.18. The molecule has 1 saturated heterocycles. The molecular formula is C12H22O2. The van der Waals surface area contributed by atoms with E-state index in [0.717, 1.165) is 25.7 Å². The van der Waals surface area contributed by atoms with Crippen molar-refractivity contribution in [1.82, 2.24) is 0 Å². The van der Waals surface area contributed by atoms with Crippen molar-refractivity contribution in [2.45, 2.75) is 51.0 Å². The van der Waals surface area contributed by atoms with Crippen molar-refractivity contribution in [3.63, 3.8) is 0 Å². The maximum Gasteiger partial charge on any atom is 0.0837 e. The van der Waals surface area contributed by atoms with E-state index in [1.807, 2.05) is 0 Å². The summed E-state index contributed by atoms with van der Waals surface area (Å²) in [5.41, 5.74) is 0. The first kappa shape index (κ1) is 10.4. The van der Waals surface area contributed by atoms with Crippen molar-refractivity contribution in [1.29, 1.82) is 0 Å². The second-order valence-electron chi connectivity index (χ2n) is 4.59. The first-order valence-corrected chi connectivity index (χ1v) is 6.16. The van der Waals surface area contributed by atoms with Gasteiger partial charge in [0.2, 0.25) is 0 Å². The maximum atomic E-state index is 5.79. The summed E-state index contributed by atoms with van der Waals surface area (Å²) < 4.78 is 11.3. The molecule has 0 aromatic heterocycles. The van der Waals surface area contributed by atoms with Gasteiger partial charge in [0.15, 0.2) is 0 Å². The van der Waals surface area contributed by atoms with Crippen LogP contribution < -0.4 is 0 Å². The highest BCUT2D eigenvalue weighted by atomic mass is 16.6. The van der Waals surface area contributed by atoms with E-state index in [1.54, 1.807) is 0 Å². The third-order valence-electron chi connectivity index (χ3n) is 3.52. The van der Waals surface area contributed by atoms with E-state index >= 15 is 0 Å². The van der Waals surface area contributed by atoms with Gasteiger partial charge in [-0.3, -0.25) is 0 Å². The summed E-state index contributed by atoms with van der Waals surface area (Å²) in [6, 6.07) is 0. The van der Waals surface area contributed by atoms with Gasteiger partial charge < -0.3 is 9.47 Å². The molecule has 1 saturated carbocycles. The summed E-state index contributed by atoms with van der Waals surface area (Å²) in [4.78, 5) is 0. The minimum atomic E-state index is 0.404. The highest BCUT2D eigenvalue weighted by molar-refractivity contribution is 4.74. The maximum absolute atomic E-state index is 5.79. The van der Waals surface area contributed by atoms with Crippen molar-refractivity contribution >= 4 is 0 Å². The van der Waals surface area contributed by atoms with Crippen LogP contribution in [0.25, 0.3) is 0 Å². The zero-order valence-corrected chi connectivity index (χ0v) is 9.04. The summed E-state index contributed by atoms with van der Waals surface area (Å²) in [6.45, 7) is 2.44. The Kier molecular flexibility index (Phi) is 4.26. The largest absolute Gasteiger partial charge is 0.376 e. The molecule has 0 spiro atoms. The van der Waals surface area contributed by atoms with Crippen molar-refractivity contribution < 1.29 is 9.47 Å². The molecule has 14 heavy (non-hydrogen) atoms. The molecular weight excluding hydrogens is 176 g/mol. The fraction of sp³-hybridized carbons (Fsp3) is 1.00. The lowest BCUT2D eigenvalue weighted by molar-refractivity contribution is -0.114. The summed E-state index contributed by atoms with van der Waals surface area (Å²) in [6.07, 6.45) is 10.2. The molecule has 2 heteroatoms. The van der Waals surface area contributed by atoms with E-state index in [0.29, 0.717) is 6.10 Å². The Morgan fingerprint density at radius 2 is 1.50 bits per heavy atom. The van der Waals surface area contributed by atoms with Crippen molar-refractivity contribution in [3.8, 4) is 0 Å². The van der Waals surface area contributed by atoms with Crippen LogP contribution in [0, 0.1) is 5.92 Å². The smallest absolute Gasteiger partial charge is 0.0837 e. The van der Waals surface area contributed by atoms with Crippen LogP contribution >= 0.6 is 0 Å². The van der Waals surface area contributed by atoms with E-state index in [1.165, 1.54) is 44.9 Å². The molecule has 1 atom stereocenters. The second kappa shape index (κ2) is 5.72. The van der Waals surface area contributed by atoms with Crippen LogP contribution in [0.5, 0.6) is 0 Å². The number of hydrogen-bond donors (Lipinski definition) is 0. The van der Waals surface area contributed by atoms with E-state index in [-0.39, 0.29) is 0 Å². The van der Waals surface area contributed by atoms with Crippen LogP contribution in [-0.4, -0.2) is 25.9 Å². The third kappa shape index (κ3) is 2.96. The Morgan fingerprint density at radius 3 is 2.14 bits per heavy atom. The average molecular weight is 198 g/mol. The molecule has 2 nitrogen and oxygen atoms in total. The first-order chi connectivity index (χ1) is 6.97. The molecule has 2 fully saturated rings. The van der Waals surface area contributed by atoms with Crippen LogP contribution in [0.3, 0.4) is 0 Å². The Labute approximate surface area is 87.0 Å². The van der Waals surface area contributed by atoms with Gasteiger partial charge in [0, 0.05) is 0 Å². The van der Waals surface area contributed by atoms with Crippen LogP contribution in [0.1, 0.15) is 44.9 Å². The normalized spacial score (nSPS) is 32.1. The quantitative estimate of drug-likeness (QED) is 0.645. The lowest BCUT2D eigenvalue weighted by atomic mass is 9.87. The Balaban J connectivity index is 1.80. The third-order valence-corrected chi connectivity index (χ3v) is 3.52. The highest BCUT2D eigenvalue weighted by Crippen LogP contribution is 2.27. The van der Waals surface area contributed by atoms with E-state index in [9.17, 15) is 0 Å². The molecule has 0 N–H and O–H groups in total. The molecule has 0 aromatic carbocycles. The molecule has 82 valence electrons. The Morgan fingerprint density at radius 1 is 0.786 bits per heavy atom. The van der Waals surface area contributed by atoms with Gasteiger partial charge in [-0.05, 0) is 18.8 Å². The van der Waals surface area contributed by atoms with Crippen LogP contribution in [0.15, 0.2) is 0 Å². The van der Waals surface area contributed by atoms with Crippen LogP contribution in [0.4, 0.5) is 0 Å². The molecule has 0 aromatic rings. The van der Waals surface area contributed by atoms with E-state index < -0.39 is 0 Å². The van der Waals surface area contributed by atoms with Gasteiger partial charge in [0.25, 0.3) is 0 Å². The molecule has 0 bridgehead atoms. The van der Waals surface area contributed by atoms with Gasteiger partial charge in [0.1, 0.15) is 0 Å². The second-order valence-corrected chi connectivity index (χ2v) is 4.59. The number of ether oxygens (including phenoxy) is 2. The number of rotatable bonds is 1. The molecule has 2 rings (SSSR count). The predicted molar refractivity (Wildman–Crippen MR) is 56.4 cm³/mol. The monoisotopic (exact) mass is 198 g/mol. The SMILES string of the molecule is C1CCCC(C2COCCO2)CCC1. The Hall–Kier alpha value is -0.0800. The molecule has 1 aliphatic carbocycles. The number of hydrogen-bond acceptors (Lipinski definition) is 2. The minimum Gasteiger partial charge on any atom is -0.376 e. The van der Waals surface area contributed by atoms with Crippen molar-refractivity contribution in [2.75, 3.05) is 19.8 Å². The van der Waals surface area contributed by atoms with Gasteiger partial charge >= 0.3 is 0 Å². The fourth-order valence-corrected chi connectivity index (χ4v) is 2.64. The molecule has 0 radical (unpaired) electrons. The molecule has 2 aliphatic rings. The summed E-state index contributed by atoms with van der Waals surface area (Å²) in [7, 11) is 0. The standard InChI is InChI=1S/C12H22O2/c1-2-4-6-11(7-5-3-1)12-10-13-8-9-14-12/h11-12H,1-10H2. The summed E-state index contributed by atoms with van der Waals surface area (Å²) >= 11 is 0. The topological polar surface area (TPSA) is 18.5 Å². The van der Waals surface area contributed by atoms with Crippen LogP contribution in [-0.2, 0) is 9.47 Å². The first-order valence-electron chi connectivity index (χ1n) is 6.16. The zero-order chi connectivity index (χ0) is 9.64. The molecule has 0 amide bonds. The lowest BCUT2D eigenvalue weighted by Crippen LogP contribution is -2.35. The molecule has 1 heterocycles. The minimum absolute atomic E-state index is 0.404. The van der Waals surface area contributed by atoms with Gasteiger partial charge in [-0.15, -0.1) is 0 Å². The van der Waals surface area contributed by atoms with Crippen molar-refractivity contribution in [3.05, 3.63) is 0 Å². The highest BCUT2D eigenvalue weighted by Gasteiger charge is 2.24. The molecule has 1 unspecified atom stereocenters. The van der Waals surface area contributed by atoms with E-state index in [4.69, 9.17) is 9.47 Å². The van der Waals surface area contributed by atoms with Crippen molar-refractivity contribution in [2.24, 2.45) is 5.92 Å². The zero-order valence-electron chi connectivity index (χ0n) is 9.04. The van der Waals surface area contributed by atoms with Gasteiger partial charge in [-0.25, -0.2) is 0 Å². The lowest BCUT2D eigenvalue weighted by Gasteiger charge is -2.31. The van der Waals surface area contributed by atoms with Gasteiger partial charge in [-0.2, -0.15) is 0 Å². The summed E-state index contributed by atoms with van der Waals surface area (Å²) in [5.74, 6) is 0.774. The van der Waals surface area contributed by atoms with Crippen LogP contribution in [0.2, 0.25) is 0 Å². The predicted octanol–water partition coefficient (Wildman–Crippen LogP) is 2.76. The van der Waals surface area contributed by atoms with E-state index in [2.05, 4.69) is 0 Å². The molecule has 1 aliphatic heterocycles. The summed E-state index contributed by atoms with van der Waals surface area (Å²) in [5, 5.41) is 0. The van der Waals surface area contributed by atoms with Gasteiger partial charge in [0.05, 0.1) is 25.9 Å². The van der Waals surface area contributed by atoms with Gasteiger partial charge in [-0.1, -0.05) is 32.1 Å². The Bertz CT molecular complexity index is 144. The fourth-order valence-electron chi connectivity index (χ4n) is 2.64.